The molecule has 3 aliphatic heterocycles. The Labute approximate surface area is 138 Å². The number of piperidine rings is 1. The molecule has 3 aliphatic rings. The lowest BCUT2D eigenvalue weighted by Crippen LogP contribution is -2.50. The Bertz CT molecular complexity index is 492. The third-order valence-electron chi connectivity index (χ3n) is 5.54. The maximum absolute atomic E-state index is 6.23. The molecule has 3 atom stereocenters. The van der Waals surface area contributed by atoms with Crippen molar-refractivity contribution in [1.82, 2.24) is 14.8 Å². The minimum absolute atomic E-state index is 0.395. The molecule has 0 aromatic carbocycles. The predicted octanol–water partition coefficient (Wildman–Crippen LogP) is 1.39. The normalized spacial score (nSPS) is 33.3. The van der Waals surface area contributed by atoms with Crippen molar-refractivity contribution < 1.29 is 9.47 Å². The van der Waals surface area contributed by atoms with Gasteiger partial charge in [-0.15, -0.1) is 0 Å². The van der Waals surface area contributed by atoms with E-state index in [2.05, 4.69) is 26.9 Å². The van der Waals surface area contributed by atoms with Crippen LogP contribution in [0, 0.1) is 5.92 Å². The summed E-state index contributed by atoms with van der Waals surface area (Å²) in [5.41, 5.74) is 1.35. The number of hydrogen-bond acceptors (Lipinski definition) is 5. The van der Waals surface area contributed by atoms with Gasteiger partial charge in [0.25, 0.3) is 0 Å². The highest BCUT2D eigenvalue weighted by Gasteiger charge is 2.36. The van der Waals surface area contributed by atoms with Gasteiger partial charge in [-0.05, 0) is 37.1 Å². The van der Waals surface area contributed by atoms with Crippen molar-refractivity contribution in [2.24, 2.45) is 5.92 Å². The number of nitrogens with zero attached hydrogens (tertiary/aromatic N) is 3. The van der Waals surface area contributed by atoms with Crippen LogP contribution in [0.3, 0.4) is 0 Å². The summed E-state index contributed by atoms with van der Waals surface area (Å²) in [7, 11) is 0. The van der Waals surface area contributed by atoms with Crippen molar-refractivity contribution in [2.45, 2.75) is 31.5 Å². The monoisotopic (exact) mass is 317 g/mol. The van der Waals surface area contributed by atoms with Gasteiger partial charge in [0, 0.05) is 57.1 Å². The van der Waals surface area contributed by atoms with Crippen LogP contribution in [0.4, 0.5) is 0 Å². The van der Waals surface area contributed by atoms with Crippen LogP contribution in [-0.4, -0.2) is 72.9 Å². The smallest absolute Gasteiger partial charge is 0.0743 e. The topological polar surface area (TPSA) is 37.8 Å². The van der Waals surface area contributed by atoms with E-state index in [0.717, 1.165) is 46.0 Å². The largest absolute Gasteiger partial charge is 0.380 e. The summed E-state index contributed by atoms with van der Waals surface area (Å²) >= 11 is 0. The molecule has 1 unspecified atom stereocenters. The maximum Gasteiger partial charge on any atom is 0.0743 e. The second kappa shape index (κ2) is 7.26. The molecule has 1 aromatic heterocycles. The van der Waals surface area contributed by atoms with E-state index in [9.17, 15) is 0 Å². The van der Waals surface area contributed by atoms with Crippen molar-refractivity contribution in [1.29, 1.82) is 0 Å². The second-order valence-electron chi connectivity index (χ2n) is 7.06. The maximum atomic E-state index is 6.23. The van der Waals surface area contributed by atoms with E-state index in [1.807, 2.05) is 12.4 Å². The van der Waals surface area contributed by atoms with Gasteiger partial charge in [-0.2, -0.15) is 0 Å². The number of aromatic nitrogens is 1. The molecule has 3 saturated heterocycles. The van der Waals surface area contributed by atoms with Crippen molar-refractivity contribution >= 4 is 0 Å². The molecule has 0 N–H and O–H groups in total. The summed E-state index contributed by atoms with van der Waals surface area (Å²) in [6, 6.07) is 4.86. The third kappa shape index (κ3) is 3.74. The van der Waals surface area contributed by atoms with E-state index >= 15 is 0 Å². The summed E-state index contributed by atoms with van der Waals surface area (Å²) in [6.45, 7) is 8.16. The van der Waals surface area contributed by atoms with Gasteiger partial charge >= 0.3 is 0 Å². The van der Waals surface area contributed by atoms with Crippen LogP contribution in [-0.2, 0) is 16.0 Å². The summed E-state index contributed by atoms with van der Waals surface area (Å²) in [5.74, 6) is 0.665. The van der Waals surface area contributed by atoms with Crippen molar-refractivity contribution in [3.8, 4) is 0 Å². The van der Waals surface area contributed by atoms with Crippen LogP contribution in [0.2, 0.25) is 0 Å². The highest BCUT2D eigenvalue weighted by atomic mass is 16.5. The van der Waals surface area contributed by atoms with Gasteiger partial charge in [-0.1, -0.05) is 0 Å². The first-order valence-electron chi connectivity index (χ1n) is 8.93. The first kappa shape index (κ1) is 15.5. The molecule has 0 aliphatic carbocycles. The zero-order chi connectivity index (χ0) is 15.5. The van der Waals surface area contributed by atoms with Gasteiger partial charge in [-0.3, -0.25) is 14.8 Å². The molecule has 23 heavy (non-hydrogen) atoms. The first-order chi connectivity index (χ1) is 11.4. The Morgan fingerprint density at radius 2 is 2.00 bits per heavy atom. The van der Waals surface area contributed by atoms with Crippen LogP contribution >= 0.6 is 0 Å². The van der Waals surface area contributed by atoms with Gasteiger partial charge in [0.1, 0.15) is 0 Å². The Morgan fingerprint density at radius 1 is 1.09 bits per heavy atom. The molecule has 0 bridgehead atoms. The molecule has 0 amide bonds. The van der Waals surface area contributed by atoms with Crippen molar-refractivity contribution in [3.05, 3.63) is 30.1 Å². The summed E-state index contributed by atoms with van der Waals surface area (Å²) < 4.78 is 11.8. The lowest BCUT2D eigenvalue weighted by Gasteiger charge is -2.40. The number of rotatable bonds is 3. The number of ether oxygens (including phenoxy) is 2. The molecular weight excluding hydrogens is 290 g/mol. The highest BCUT2D eigenvalue weighted by Crippen LogP contribution is 2.27. The highest BCUT2D eigenvalue weighted by molar-refractivity contribution is 5.09. The SMILES string of the molecule is c1cc(CN2CCO[C@H]3CN(C4CCOC4)CC[C@H]3C2)ccn1. The van der Waals surface area contributed by atoms with E-state index in [1.54, 1.807) is 0 Å². The average Bonchev–Trinajstić information content (AvgIpc) is 3.04. The molecule has 0 spiro atoms. The van der Waals surface area contributed by atoms with Crippen LogP contribution in [0.1, 0.15) is 18.4 Å². The number of fused-ring (bicyclic) bond motifs is 1. The lowest BCUT2D eigenvalue weighted by molar-refractivity contribution is -0.0346. The minimum atomic E-state index is 0.395. The number of likely N-dealkylation sites (tertiary alicyclic amines) is 1. The first-order valence-corrected chi connectivity index (χ1v) is 8.93. The third-order valence-corrected chi connectivity index (χ3v) is 5.54. The molecule has 4 heterocycles. The van der Waals surface area contributed by atoms with E-state index in [1.165, 1.54) is 24.9 Å². The Hall–Kier alpha value is -1.01. The molecule has 0 radical (unpaired) electrons. The fraction of sp³-hybridized carbons (Fsp3) is 0.722. The van der Waals surface area contributed by atoms with Gasteiger partial charge in [-0.25, -0.2) is 0 Å². The molecule has 5 nitrogen and oxygen atoms in total. The Kier molecular flexibility index (Phi) is 4.90. The fourth-order valence-corrected chi connectivity index (χ4v) is 4.17. The zero-order valence-corrected chi connectivity index (χ0v) is 13.8. The Balaban J connectivity index is 1.35. The summed E-state index contributed by atoms with van der Waals surface area (Å²) in [4.78, 5) is 9.26. The van der Waals surface area contributed by atoms with Crippen molar-refractivity contribution in [2.75, 3.05) is 46.0 Å². The van der Waals surface area contributed by atoms with E-state index in [4.69, 9.17) is 9.47 Å². The summed E-state index contributed by atoms with van der Waals surface area (Å²) in [6.07, 6.45) is 6.59. The van der Waals surface area contributed by atoms with Crippen LogP contribution in [0.15, 0.2) is 24.5 Å². The molecule has 1 aromatic rings. The quantitative estimate of drug-likeness (QED) is 0.842. The van der Waals surface area contributed by atoms with E-state index in [0.29, 0.717) is 18.1 Å². The lowest BCUT2D eigenvalue weighted by atomic mass is 9.92. The average molecular weight is 317 g/mol. The van der Waals surface area contributed by atoms with Gasteiger partial charge in [0.2, 0.25) is 0 Å². The van der Waals surface area contributed by atoms with E-state index < -0.39 is 0 Å². The Morgan fingerprint density at radius 3 is 2.83 bits per heavy atom. The van der Waals surface area contributed by atoms with Gasteiger partial charge in [0.15, 0.2) is 0 Å². The predicted molar refractivity (Wildman–Crippen MR) is 88.2 cm³/mol. The van der Waals surface area contributed by atoms with Crippen LogP contribution in [0.25, 0.3) is 0 Å². The standard InChI is InChI=1S/C18H27N3O2/c1-5-19-6-2-15(1)11-20-8-10-23-18-13-21(7-3-16(18)12-20)17-4-9-22-14-17/h1-2,5-6,16-18H,3-4,7-14H2/t16-,17?,18-/m0/s1. The molecule has 4 rings (SSSR count). The second-order valence-corrected chi connectivity index (χ2v) is 7.06. The zero-order valence-electron chi connectivity index (χ0n) is 13.8. The fourth-order valence-electron chi connectivity index (χ4n) is 4.17. The van der Waals surface area contributed by atoms with Crippen LogP contribution in [0.5, 0.6) is 0 Å². The van der Waals surface area contributed by atoms with Crippen molar-refractivity contribution in [3.63, 3.8) is 0 Å². The molecule has 0 saturated carbocycles. The molecular formula is C18H27N3O2. The minimum Gasteiger partial charge on any atom is -0.380 e. The molecule has 3 fully saturated rings. The van der Waals surface area contributed by atoms with E-state index in [-0.39, 0.29) is 0 Å². The van der Waals surface area contributed by atoms with Gasteiger partial charge in [0.05, 0.1) is 19.3 Å². The summed E-state index contributed by atoms with van der Waals surface area (Å²) in [5, 5.41) is 0. The number of pyridine rings is 1. The van der Waals surface area contributed by atoms with Crippen LogP contribution < -0.4 is 0 Å². The molecule has 5 heteroatoms. The number of hydrogen-bond donors (Lipinski definition) is 0. The van der Waals surface area contributed by atoms with Gasteiger partial charge < -0.3 is 9.47 Å². The molecule has 126 valence electrons.